The van der Waals surface area contributed by atoms with Gasteiger partial charge in [0.2, 0.25) is 5.95 Å². The van der Waals surface area contributed by atoms with Crippen molar-refractivity contribution in [2.75, 3.05) is 43.6 Å². The van der Waals surface area contributed by atoms with E-state index in [1.54, 1.807) is 23.9 Å². The fourth-order valence-corrected chi connectivity index (χ4v) is 3.93. The van der Waals surface area contributed by atoms with Crippen LogP contribution in [0.1, 0.15) is 5.56 Å². The van der Waals surface area contributed by atoms with Crippen LogP contribution in [0.4, 0.5) is 10.3 Å². The summed E-state index contributed by atoms with van der Waals surface area (Å²) >= 11 is 1.59. The summed E-state index contributed by atoms with van der Waals surface area (Å²) in [5, 5.41) is 9.76. The molecule has 2 heterocycles. The topological polar surface area (TPSA) is 52.4 Å². The van der Waals surface area contributed by atoms with Crippen molar-refractivity contribution in [3.8, 4) is 11.4 Å². The van der Waals surface area contributed by atoms with E-state index in [4.69, 9.17) is 9.47 Å². The molecule has 3 aromatic rings. The van der Waals surface area contributed by atoms with Gasteiger partial charge in [-0.05, 0) is 42.8 Å². The number of morpholine rings is 1. The number of anilines is 1. The molecule has 0 radical (unpaired) electrons. The van der Waals surface area contributed by atoms with Gasteiger partial charge in [0.25, 0.3) is 0 Å². The Balaban J connectivity index is 1.50. The molecule has 0 amide bonds. The van der Waals surface area contributed by atoms with Crippen molar-refractivity contribution in [1.82, 2.24) is 14.8 Å². The van der Waals surface area contributed by atoms with Gasteiger partial charge < -0.3 is 14.4 Å². The molecule has 6 nitrogen and oxygen atoms in total. The molecule has 8 heteroatoms. The van der Waals surface area contributed by atoms with Gasteiger partial charge in [-0.2, -0.15) is 0 Å². The van der Waals surface area contributed by atoms with Crippen LogP contribution in [0, 0.1) is 12.7 Å². The molecule has 0 atom stereocenters. The summed E-state index contributed by atoms with van der Waals surface area (Å²) in [5.74, 6) is 1.92. The predicted molar refractivity (Wildman–Crippen MR) is 112 cm³/mol. The first-order valence-electron chi connectivity index (χ1n) is 9.57. The van der Waals surface area contributed by atoms with Gasteiger partial charge >= 0.3 is 0 Å². The minimum Gasteiger partial charge on any atom is -0.493 e. The van der Waals surface area contributed by atoms with Gasteiger partial charge in [-0.15, -0.1) is 10.2 Å². The predicted octanol–water partition coefficient (Wildman–Crippen LogP) is 3.72. The molecule has 1 fully saturated rings. The zero-order chi connectivity index (χ0) is 20.1. The molecule has 152 valence electrons. The summed E-state index contributed by atoms with van der Waals surface area (Å²) in [5.41, 5.74) is 2.23. The number of aryl methyl sites for hydroxylation is 1. The largest absolute Gasteiger partial charge is 0.493 e. The van der Waals surface area contributed by atoms with Crippen molar-refractivity contribution in [3.63, 3.8) is 0 Å². The third kappa shape index (κ3) is 4.71. The molecule has 1 saturated heterocycles. The van der Waals surface area contributed by atoms with Crippen LogP contribution in [-0.2, 0) is 4.74 Å². The smallest absolute Gasteiger partial charge is 0.232 e. The van der Waals surface area contributed by atoms with E-state index in [0.717, 1.165) is 35.4 Å². The summed E-state index contributed by atoms with van der Waals surface area (Å²) in [6, 6.07) is 14.3. The lowest BCUT2D eigenvalue weighted by atomic mass is 10.2. The highest BCUT2D eigenvalue weighted by Gasteiger charge is 2.22. The number of thioether (sulfide) groups is 1. The van der Waals surface area contributed by atoms with Gasteiger partial charge in [0.15, 0.2) is 5.16 Å². The SMILES string of the molecule is Cc1ccccc1-n1c(SCCOc2ccc(F)cc2)nnc1N1CCOCC1. The van der Waals surface area contributed by atoms with Gasteiger partial charge in [-0.1, -0.05) is 30.0 Å². The molecule has 0 saturated carbocycles. The van der Waals surface area contributed by atoms with Crippen molar-refractivity contribution in [1.29, 1.82) is 0 Å². The highest BCUT2D eigenvalue weighted by atomic mass is 32.2. The van der Waals surface area contributed by atoms with E-state index in [-0.39, 0.29) is 5.82 Å². The van der Waals surface area contributed by atoms with Crippen molar-refractivity contribution in [3.05, 3.63) is 59.9 Å². The molecule has 0 aliphatic carbocycles. The Labute approximate surface area is 173 Å². The van der Waals surface area contributed by atoms with Gasteiger partial charge in [0, 0.05) is 18.8 Å². The minimum absolute atomic E-state index is 0.270. The van der Waals surface area contributed by atoms with Gasteiger partial charge in [0.05, 0.1) is 25.5 Å². The number of nitrogens with zero attached hydrogens (tertiary/aromatic N) is 4. The third-order valence-electron chi connectivity index (χ3n) is 4.66. The Morgan fingerprint density at radius 2 is 1.83 bits per heavy atom. The van der Waals surface area contributed by atoms with Crippen LogP contribution in [0.3, 0.4) is 0 Å². The molecule has 1 aliphatic rings. The van der Waals surface area contributed by atoms with Crippen LogP contribution >= 0.6 is 11.8 Å². The average molecular weight is 415 g/mol. The van der Waals surface area contributed by atoms with Gasteiger partial charge in [-0.25, -0.2) is 4.39 Å². The first-order chi connectivity index (χ1) is 14.2. The van der Waals surface area contributed by atoms with E-state index in [0.29, 0.717) is 31.3 Å². The maximum absolute atomic E-state index is 13.0. The van der Waals surface area contributed by atoms with Gasteiger partial charge in [0.1, 0.15) is 11.6 Å². The Bertz CT molecular complexity index is 942. The Morgan fingerprint density at radius 1 is 1.07 bits per heavy atom. The molecule has 1 aliphatic heterocycles. The second-order valence-electron chi connectivity index (χ2n) is 6.65. The molecule has 0 bridgehead atoms. The Morgan fingerprint density at radius 3 is 2.59 bits per heavy atom. The van der Waals surface area contributed by atoms with E-state index < -0.39 is 0 Å². The first-order valence-corrected chi connectivity index (χ1v) is 10.6. The van der Waals surface area contributed by atoms with E-state index >= 15 is 0 Å². The summed E-state index contributed by atoms with van der Waals surface area (Å²) in [4.78, 5) is 2.21. The summed E-state index contributed by atoms with van der Waals surface area (Å²) < 4.78 is 26.3. The second-order valence-corrected chi connectivity index (χ2v) is 7.72. The number of aromatic nitrogens is 3. The van der Waals surface area contributed by atoms with E-state index in [1.165, 1.54) is 12.1 Å². The van der Waals surface area contributed by atoms with E-state index in [9.17, 15) is 4.39 Å². The van der Waals surface area contributed by atoms with E-state index in [1.807, 2.05) is 12.1 Å². The van der Waals surface area contributed by atoms with Crippen LogP contribution in [0.5, 0.6) is 5.75 Å². The highest BCUT2D eigenvalue weighted by molar-refractivity contribution is 7.99. The second kappa shape index (κ2) is 9.28. The van der Waals surface area contributed by atoms with Crippen molar-refractivity contribution in [2.24, 2.45) is 0 Å². The molecular weight excluding hydrogens is 391 g/mol. The number of rotatable bonds is 7. The number of benzene rings is 2. The number of para-hydroxylation sites is 1. The van der Waals surface area contributed by atoms with Crippen molar-refractivity contribution in [2.45, 2.75) is 12.1 Å². The number of hydrogen-bond donors (Lipinski definition) is 0. The first kappa shape index (κ1) is 19.7. The van der Waals surface area contributed by atoms with Crippen LogP contribution in [0.15, 0.2) is 53.7 Å². The van der Waals surface area contributed by atoms with Crippen molar-refractivity contribution < 1.29 is 13.9 Å². The van der Waals surface area contributed by atoms with Crippen LogP contribution < -0.4 is 9.64 Å². The quantitative estimate of drug-likeness (QED) is 0.434. The highest BCUT2D eigenvalue weighted by Crippen LogP contribution is 2.28. The Kier molecular flexibility index (Phi) is 6.31. The lowest BCUT2D eigenvalue weighted by Gasteiger charge is -2.28. The monoisotopic (exact) mass is 414 g/mol. The maximum Gasteiger partial charge on any atom is 0.232 e. The lowest BCUT2D eigenvalue weighted by Crippen LogP contribution is -2.38. The fourth-order valence-electron chi connectivity index (χ4n) is 3.17. The molecular formula is C21H23FN4O2S. The van der Waals surface area contributed by atoms with Crippen LogP contribution in [0.2, 0.25) is 0 Å². The maximum atomic E-state index is 13.0. The molecule has 29 heavy (non-hydrogen) atoms. The summed E-state index contributed by atoms with van der Waals surface area (Å²) in [7, 11) is 0. The standard InChI is InChI=1S/C21H23FN4O2S/c1-16-4-2-3-5-19(16)26-20(25-10-12-27-13-11-25)23-24-21(26)29-15-14-28-18-8-6-17(22)7-9-18/h2-9H,10-15H2,1H3. The van der Waals surface area contributed by atoms with Crippen molar-refractivity contribution >= 4 is 17.7 Å². The van der Waals surface area contributed by atoms with Crippen LogP contribution in [0.25, 0.3) is 5.69 Å². The molecule has 2 aromatic carbocycles. The third-order valence-corrected chi connectivity index (χ3v) is 5.56. The molecule has 0 spiro atoms. The normalized spacial score (nSPS) is 14.2. The molecule has 0 unspecified atom stereocenters. The zero-order valence-corrected chi connectivity index (χ0v) is 17.1. The van der Waals surface area contributed by atoms with Crippen LogP contribution in [-0.4, -0.2) is 53.4 Å². The zero-order valence-electron chi connectivity index (χ0n) is 16.3. The molecule has 1 aromatic heterocycles. The Hall–Kier alpha value is -2.58. The minimum atomic E-state index is -0.270. The molecule has 4 rings (SSSR count). The number of hydrogen-bond acceptors (Lipinski definition) is 6. The summed E-state index contributed by atoms with van der Waals surface area (Å²) in [6.07, 6.45) is 0. The lowest BCUT2D eigenvalue weighted by molar-refractivity contribution is 0.122. The fraction of sp³-hybridized carbons (Fsp3) is 0.333. The van der Waals surface area contributed by atoms with E-state index in [2.05, 4.69) is 38.7 Å². The number of ether oxygens (including phenoxy) is 2. The molecule has 0 N–H and O–H groups in total. The average Bonchev–Trinajstić information content (AvgIpc) is 3.17. The number of halogens is 1. The summed E-state index contributed by atoms with van der Waals surface area (Å²) in [6.45, 7) is 5.54. The van der Waals surface area contributed by atoms with Gasteiger partial charge in [-0.3, -0.25) is 4.57 Å².